The summed E-state index contributed by atoms with van der Waals surface area (Å²) in [6.45, 7) is 1.96. The number of anilines is 2. The number of allylic oxidation sites excluding steroid dienone is 1. The van der Waals surface area contributed by atoms with Gasteiger partial charge in [-0.1, -0.05) is 30.3 Å². The summed E-state index contributed by atoms with van der Waals surface area (Å²) in [6.07, 6.45) is 5.06. The summed E-state index contributed by atoms with van der Waals surface area (Å²) >= 11 is 0. The molecule has 0 spiro atoms. The highest BCUT2D eigenvalue weighted by Crippen LogP contribution is 2.34. The number of rotatable bonds is 7. The third-order valence-electron chi connectivity index (χ3n) is 7.37. The number of carbonyl (C=O) groups is 1. The molecule has 1 aromatic heterocycles. The fraction of sp³-hybridized carbons (Fsp3) is 0.333. The molecular formula is C30H35N7O2. The number of piperidine rings is 1. The second kappa shape index (κ2) is 11.7. The highest BCUT2D eigenvalue weighted by molar-refractivity contribution is 6.29. The number of benzene rings is 2. The minimum atomic E-state index is -0.103. The first-order valence-electron chi connectivity index (χ1n) is 13.3. The Morgan fingerprint density at radius 1 is 1.08 bits per heavy atom. The van der Waals surface area contributed by atoms with Gasteiger partial charge in [-0.15, -0.1) is 0 Å². The summed E-state index contributed by atoms with van der Waals surface area (Å²) in [4.78, 5) is 24.6. The van der Waals surface area contributed by atoms with Gasteiger partial charge < -0.3 is 31.0 Å². The predicted molar refractivity (Wildman–Crippen MR) is 155 cm³/mol. The van der Waals surface area contributed by atoms with E-state index in [1.165, 1.54) is 0 Å². The number of amides is 1. The Balaban J connectivity index is 1.41. The van der Waals surface area contributed by atoms with Crippen LogP contribution in [0, 0.1) is 5.41 Å². The lowest BCUT2D eigenvalue weighted by atomic mass is 9.87. The Kier molecular flexibility index (Phi) is 7.88. The number of nitrogens with one attached hydrogen (secondary N) is 4. The number of aromatic nitrogens is 2. The number of hydrogen-bond acceptors (Lipinski definition) is 8. The molecule has 0 bridgehead atoms. The van der Waals surface area contributed by atoms with Crippen molar-refractivity contribution in [3.63, 3.8) is 0 Å². The summed E-state index contributed by atoms with van der Waals surface area (Å²) in [5, 5.41) is 18.4. The summed E-state index contributed by atoms with van der Waals surface area (Å²) in [5.74, 6) is 0.815. The van der Waals surface area contributed by atoms with Crippen LogP contribution in [0.1, 0.15) is 46.4 Å². The molecule has 0 atom stereocenters. The van der Waals surface area contributed by atoms with E-state index in [-0.39, 0.29) is 11.9 Å². The van der Waals surface area contributed by atoms with E-state index in [0.717, 1.165) is 54.0 Å². The summed E-state index contributed by atoms with van der Waals surface area (Å²) < 4.78 is 5.62. The quantitative estimate of drug-likeness (QED) is 0.367. The molecule has 4 N–H and O–H groups in total. The van der Waals surface area contributed by atoms with Gasteiger partial charge in [-0.05, 0) is 75.1 Å². The minimum Gasteiger partial charge on any atom is -0.495 e. The molecular weight excluding hydrogens is 490 g/mol. The largest absolute Gasteiger partial charge is 0.495 e. The van der Waals surface area contributed by atoms with Crippen LogP contribution in [0.5, 0.6) is 5.75 Å². The lowest BCUT2D eigenvalue weighted by Gasteiger charge is -2.29. The molecule has 0 unspecified atom stereocenters. The minimum absolute atomic E-state index is 0.103. The van der Waals surface area contributed by atoms with Gasteiger partial charge >= 0.3 is 0 Å². The maximum Gasteiger partial charge on any atom is 0.251 e. The maximum atomic E-state index is 12.9. The van der Waals surface area contributed by atoms with E-state index in [4.69, 9.17) is 15.1 Å². The predicted octanol–water partition coefficient (Wildman–Crippen LogP) is 4.11. The molecule has 1 aliphatic heterocycles. The van der Waals surface area contributed by atoms with Gasteiger partial charge in [0, 0.05) is 36.1 Å². The molecule has 2 heterocycles. The number of fused-ring (bicyclic) bond motifs is 1. The number of carbonyl (C=O) groups excluding carboxylic acids is 1. The van der Waals surface area contributed by atoms with Crippen LogP contribution in [-0.4, -0.2) is 66.8 Å². The van der Waals surface area contributed by atoms with Crippen molar-refractivity contribution in [1.29, 1.82) is 5.41 Å². The van der Waals surface area contributed by atoms with Crippen LogP contribution in [0.4, 0.5) is 11.6 Å². The first kappa shape index (κ1) is 26.4. The fourth-order valence-corrected chi connectivity index (χ4v) is 5.16. The SMILES string of the molecule is CN/C(=C1\C(=N)CCc2cnc(Nc3ccc(C(=O)NC4CCN(C)CC4)cc3OC)nc21)c1ccccc1. The van der Waals surface area contributed by atoms with E-state index in [1.54, 1.807) is 19.2 Å². The zero-order valence-electron chi connectivity index (χ0n) is 22.7. The molecule has 1 fully saturated rings. The number of aryl methyl sites for hydroxylation is 1. The van der Waals surface area contributed by atoms with E-state index < -0.39 is 0 Å². The topological polar surface area (TPSA) is 115 Å². The lowest BCUT2D eigenvalue weighted by Crippen LogP contribution is -2.43. The Labute approximate surface area is 229 Å². The fourth-order valence-electron chi connectivity index (χ4n) is 5.16. The number of methoxy groups -OCH3 is 1. The number of hydrogen-bond donors (Lipinski definition) is 4. The molecule has 2 aliphatic rings. The van der Waals surface area contributed by atoms with Gasteiger partial charge in [0.1, 0.15) is 5.75 Å². The third kappa shape index (κ3) is 5.78. The summed E-state index contributed by atoms with van der Waals surface area (Å²) in [5.41, 5.74) is 6.12. The van der Waals surface area contributed by atoms with Crippen LogP contribution in [0.3, 0.4) is 0 Å². The average Bonchev–Trinajstić information content (AvgIpc) is 2.96. The first-order chi connectivity index (χ1) is 19.0. The van der Waals surface area contributed by atoms with Crippen molar-refractivity contribution in [2.45, 2.75) is 31.7 Å². The smallest absolute Gasteiger partial charge is 0.251 e. The number of likely N-dealkylation sites (tertiary alicyclic amines) is 1. The van der Waals surface area contributed by atoms with Crippen molar-refractivity contribution in [3.05, 3.63) is 77.1 Å². The van der Waals surface area contributed by atoms with Crippen molar-refractivity contribution in [2.24, 2.45) is 0 Å². The zero-order valence-corrected chi connectivity index (χ0v) is 22.7. The van der Waals surface area contributed by atoms with Crippen LogP contribution in [0.15, 0.2) is 54.7 Å². The van der Waals surface area contributed by atoms with Crippen LogP contribution in [0.2, 0.25) is 0 Å². The monoisotopic (exact) mass is 525 g/mol. The van der Waals surface area contributed by atoms with Crippen molar-refractivity contribution >= 4 is 34.5 Å². The molecule has 1 amide bonds. The van der Waals surface area contributed by atoms with Gasteiger partial charge in [-0.3, -0.25) is 4.79 Å². The average molecular weight is 526 g/mol. The molecule has 5 rings (SSSR count). The van der Waals surface area contributed by atoms with Gasteiger partial charge in [-0.2, -0.15) is 0 Å². The molecule has 0 radical (unpaired) electrons. The van der Waals surface area contributed by atoms with E-state index in [0.29, 0.717) is 41.5 Å². The molecule has 9 nitrogen and oxygen atoms in total. The number of ether oxygens (including phenoxy) is 1. The van der Waals surface area contributed by atoms with Crippen molar-refractivity contribution in [3.8, 4) is 5.75 Å². The second-order valence-electron chi connectivity index (χ2n) is 10.0. The molecule has 9 heteroatoms. The third-order valence-corrected chi connectivity index (χ3v) is 7.37. The Morgan fingerprint density at radius 3 is 2.56 bits per heavy atom. The van der Waals surface area contributed by atoms with E-state index in [1.807, 2.05) is 49.6 Å². The standard InChI is InChI=1S/C30H35N7O2/c1-32-27(19-7-5-4-6-8-19)26-23(31)11-9-21-18-33-30(36-28(21)26)35-24-12-10-20(17-25(24)39-3)29(38)34-22-13-15-37(2)16-14-22/h4-8,10,12,17-18,22,31-32H,9,11,13-16H2,1-3H3,(H,34,38)(H,33,35,36)/b27-26+,31-23?. The maximum absolute atomic E-state index is 12.9. The number of nitrogens with zero attached hydrogens (tertiary/aromatic N) is 3. The molecule has 0 saturated carbocycles. The normalized spacial score (nSPS) is 17.3. The zero-order chi connectivity index (χ0) is 27.4. The van der Waals surface area contributed by atoms with E-state index >= 15 is 0 Å². The van der Waals surface area contributed by atoms with Crippen molar-refractivity contribution < 1.29 is 9.53 Å². The Hall–Kier alpha value is -4.24. The van der Waals surface area contributed by atoms with E-state index in [9.17, 15) is 4.79 Å². The summed E-state index contributed by atoms with van der Waals surface area (Å²) in [7, 11) is 5.55. The van der Waals surface area contributed by atoms with Crippen LogP contribution in [0.25, 0.3) is 11.3 Å². The molecule has 39 heavy (non-hydrogen) atoms. The van der Waals surface area contributed by atoms with Gasteiger partial charge in [-0.25, -0.2) is 9.97 Å². The molecule has 1 saturated heterocycles. The van der Waals surface area contributed by atoms with Crippen molar-refractivity contribution in [1.82, 2.24) is 25.5 Å². The van der Waals surface area contributed by atoms with Gasteiger partial charge in [0.2, 0.25) is 5.95 Å². The first-order valence-corrected chi connectivity index (χ1v) is 13.3. The van der Waals surface area contributed by atoms with Gasteiger partial charge in [0.05, 0.1) is 24.2 Å². The summed E-state index contributed by atoms with van der Waals surface area (Å²) in [6, 6.07) is 15.5. The highest BCUT2D eigenvalue weighted by Gasteiger charge is 2.26. The molecule has 2 aromatic carbocycles. The van der Waals surface area contributed by atoms with Crippen LogP contribution >= 0.6 is 0 Å². The molecule has 3 aromatic rings. The van der Waals surface area contributed by atoms with Crippen LogP contribution in [-0.2, 0) is 6.42 Å². The van der Waals surface area contributed by atoms with Gasteiger partial charge in [0.15, 0.2) is 0 Å². The molecule has 202 valence electrons. The Bertz CT molecular complexity index is 1400. The second-order valence-corrected chi connectivity index (χ2v) is 10.0. The lowest BCUT2D eigenvalue weighted by molar-refractivity contribution is 0.0916. The van der Waals surface area contributed by atoms with Crippen LogP contribution < -0.4 is 20.7 Å². The van der Waals surface area contributed by atoms with E-state index in [2.05, 4.69) is 32.9 Å². The molecule has 1 aliphatic carbocycles. The van der Waals surface area contributed by atoms with Crippen molar-refractivity contribution in [2.75, 3.05) is 39.6 Å². The highest BCUT2D eigenvalue weighted by atomic mass is 16.5. The Morgan fingerprint density at radius 2 is 1.85 bits per heavy atom. The van der Waals surface area contributed by atoms with Gasteiger partial charge in [0.25, 0.3) is 5.91 Å².